The fourth-order valence-corrected chi connectivity index (χ4v) is 1.38. The molecule has 112 valence electrons. The third-order valence-corrected chi connectivity index (χ3v) is 2.12. The van der Waals surface area contributed by atoms with Gasteiger partial charge in [-0.1, -0.05) is 12.1 Å². The molecular weight excluding hydrogens is 274 g/mol. The molecule has 0 heterocycles. The van der Waals surface area contributed by atoms with Gasteiger partial charge in [0.2, 0.25) is 0 Å². The van der Waals surface area contributed by atoms with Crippen molar-refractivity contribution in [3.05, 3.63) is 46.0 Å². The van der Waals surface area contributed by atoms with Crippen molar-refractivity contribution in [2.75, 3.05) is 0 Å². The van der Waals surface area contributed by atoms with Gasteiger partial charge in [-0.3, -0.25) is 10.1 Å². The molecule has 0 saturated carbocycles. The van der Waals surface area contributed by atoms with E-state index in [-0.39, 0.29) is 5.69 Å². The number of allylic oxidation sites excluding steroid dienone is 1. The van der Waals surface area contributed by atoms with Gasteiger partial charge in [-0.25, -0.2) is 10.2 Å². The van der Waals surface area contributed by atoms with Crippen LogP contribution in [-0.4, -0.2) is 22.8 Å². The van der Waals surface area contributed by atoms with Crippen molar-refractivity contribution in [1.29, 1.82) is 0 Å². The molecule has 7 nitrogen and oxygen atoms in total. The monoisotopic (exact) mass is 291 g/mol. The maximum Gasteiger partial charge on any atom is 0.428 e. The highest BCUT2D eigenvalue weighted by molar-refractivity contribution is 5.81. The average Bonchev–Trinajstić information content (AvgIpc) is 2.36. The van der Waals surface area contributed by atoms with Crippen molar-refractivity contribution < 1.29 is 14.5 Å². The van der Waals surface area contributed by atoms with Crippen molar-refractivity contribution >= 4 is 24.1 Å². The molecule has 7 heteroatoms. The SMILES string of the molecule is CC(C)(C)OC(=O)N/N=C\C=C\c1ccccc1[N+](=O)[O-]. The van der Waals surface area contributed by atoms with E-state index < -0.39 is 16.6 Å². The molecule has 0 bridgehead atoms. The molecule has 0 unspecified atom stereocenters. The van der Waals surface area contributed by atoms with Crippen LogP contribution < -0.4 is 5.43 Å². The molecular formula is C14H17N3O4. The van der Waals surface area contributed by atoms with Crippen LogP contribution >= 0.6 is 0 Å². The van der Waals surface area contributed by atoms with E-state index in [1.54, 1.807) is 39.0 Å². The minimum absolute atomic E-state index is 0.00208. The van der Waals surface area contributed by atoms with Gasteiger partial charge < -0.3 is 4.74 Å². The summed E-state index contributed by atoms with van der Waals surface area (Å²) in [5.41, 5.74) is 2.04. The second-order valence-corrected chi connectivity index (χ2v) is 5.07. The van der Waals surface area contributed by atoms with Gasteiger partial charge in [0.05, 0.1) is 10.5 Å². The number of nitrogens with zero attached hydrogens (tertiary/aromatic N) is 2. The lowest BCUT2D eigenvalue weighted by Gasteiger charge is -2.18. The topological polar surface area (TPSA) is 93.8 Å². The number of hydrazone groups is 1. The van der Waals surface area contributed by atoms with Crippen LogP contribution in [0.15, 0.2) is 35.4 Å². The van der Waals surface area contributed by atoms with Gasteiger partial charge in [-0.15, -0.1) is 0 Å². The Morgan fingerprint density at radius 3 is 2.67 bits per heavy atom. The number of amides is 1. The molecule has 1 aromatic carbocycles. The lowest BCUT2D eigenvalue weighted by molar-refractivity contribution is -0.385. The normalized spacial score (nSPS) is 11.8. The maximum absolute atomic E-state index is 11.3. The first kappa shape index (κ1) is 16.4. The predicted molar refractivity (Wildman–Crippen MR) is 80.0 cm³/mol. The second kappa shape index (κ2) is 7.18. The van der Waals surface area contributed by atoms with Crippen LogP contribution in [0.25, 0.3) is 6.08 Å². The number of rotatable bonds is 4. The zero-order valence-corrected chi connectivity index (χ0v) is 12.1. The Bertz CT molecular complexity index is 574. The molecule has 1 rings (SSSR count). The molecule has 0 fully saturated rings. The molecule has 0 spiro atoms. The summed E-state index contributed by atoms with van der Waals surface area (Å²) in [6.07, 6.45) is 3.65. The lowest BCUT2D eigenvalue weighted by Crippen LogP contribution is -2.29. The van der Waals surface area contributed by atoms with E-state index in [9.17, 15) is 14.9 Å². The van der Waals surface area contributed by atoms with Gasteiger partial charge in [0.15, 0.2) is 0 Å². The van der Waals surface area contributed by atoms with Crippen molar-refractivity contribution in [2.24, 2.45) is 5.10 Å². The molecule has 0 atom stereocenters. The summed E-state index contributed by atoms with van der Waals surface area (Å²) in [5, 5.41) is 14.4. The second-order valence-electron chi connectivity index (χ2n) is 5.07. The van der Waals surface area contributed by atoms with Crippen LogP contribution in [0.1, 0.15) is 26.3 Å². The van der Waals surface area contributed by atoms with Crippen LogP contribution in [0, 0.1) is 10.1 Å². The van der Waals surface area contributed by atoms with Crippen LogP contribution in [0.2, 0.25) is 0 Å². The van der Waals surface area contributed by atoms with Crippen LogP contribution in [0.5, 0.6) is 0 Å². The first-order chi connectivity index (χ1) is 9.79. The van der Waals surface area contributed by atoms with Gasteiger partial charge in [-0.2, -0.15) is 5.10 Å². The quantitative estimate of drug-likeness (QED) is 0.524. The van der Waals surface area contributed by atoms with Gasteiger partial charge in [0.1, 0.15) is 5.60 Å². The number of nitrogens with one attached hydrogen (secondary N) is 1. The van der Waals surface area contributed by atoms with Gasteiger partial charge >= 0.3 is 6.09 Å². The summed E-state index contributed by atoms with van der Waals surface area (Å²) in [6.45, 7) is 5.22. The number of carbonyl (C=O) groups excluding carboxylic acids is 1. The highest BCUT2D eigenvalue weighted by Gasteiger charge is 2.15. The Hall–Kier alpha value is -2.70. The van der Waals surface area contributed by atoms with E-state index >= 15 is 0 Å². The van der Waals surface area contributed by atoms with E-state index in [4.69, 9.17) is 4.74 Å². The first-order valence-corrected chi connectivity index (χ1v) is 6.22. The van der Waals surface area contributed by atoms with Crippen LogP contribution in [0.4, 0.5) is 10.5 Å². The molecule has 1 N–H and O–H groups in total. The fraction of sp³-hybridized carbons (Fsp3) is 0.286. The first-order valence-electron chi connectivity index (χ1n) is 6.22. The van der Waals surface area contributed by atoms with Crippen molar-refractivity contribution in [3.63, 3.8) is 0 Å². The number of nitro benzene ring substituents is 1. The zero-order valence-electron chi connectivity index (χ0n) is 12.1. The Kier molecular flexibility index (Phi) is 5.59. The molecule has 0 aliphatic heterocycles. The largest absolute Gasteiger partial charge is 0.443 e. The number of hydrogen-bond donors (Lipinski definition) is 1. The number of para-hydroxylation sites is 1. The summed E-state index contributed by atoms with van der Waals surface area (Å²) < 4.78 is 4.98. The van der Waals surface area contributed by atoms with Crippen molar-refractivity contribution in [2.45, 2.75) is 26.4 Å². The molecule has 21 heavy (non-hydrogen) atoms. The van der Waals surface area contributed by atoms with Crippen molar-refractivity contribution in [1.82, 2.24) is 5.43 Å². The van der Waals surface area contributed by atoms with E-state index in [2.05, 4.69) is 10.5 Å². The molecule has 0 radical (unpaired) electrons. The number of hydrogen-bond acceptors (Lipinski definition) is 5. The smallest absolute Gasteiger partial charge is 0.428 e. The van der Waals surface area contributed by atoms with Gasteiger partial charge in [-0.05, 0) is 39.0 Å². The highest BCUT2D eigenvalue weighted by atomic mass is 16.6. The predicted octanol–water partition coefficient (Wildman–Crippen LogP) is 3.12. The van der Waals surface area contributed by atoms with E-state index in [0.717, 1.165) is 0 Å². The minimum atomic E-state index is -0.669. The number of ether oxygens (including phenoxy) is 1. The Morgan fingerprint density at radius 1 is 1.38 bits per heavy atom. The molecule has 0 aromatic heterocycles. The third-order valence-electron chi connectivity index (χ3n) is 2.12. The summed E-state index contributed by atoms with van der Waals surface area (Å²) in [5.74, 6) is 0. The summed E-state index contributed by atoms with van der Waals surface area (Å²) >= 11 is 0. The van der Waals surface area contributed by atoms with Crippen LogP contribution in [-0.2, 0) is 4.74 Å². The summed E-state index contributed by atoms with van der Waals surface area (Å²) in [4.78, 5) is 21.6. The molecule has 1 aromatic rings. The summed E-state index contributed by atoms with van der Waals surface area (Å²) in [6, 6.07) is 6.32. The van der Waals surface area contributed by atoms with E-state index in [1.165, 1.54) is 24.4 Å². The molecule has 0 saturated heterocycles. The zero-order chi connectivity index (χ0) is 15.9. The fourth-order valence-electron chi connectivity index (χ4n) is 1.38. The Balaban J connectivity index is 2.57. The Labute approximate surface area is 122 Å². The number of carbonyl (C=O) groups is 1. The third kappa shape index (κ3) is 6.33. The maximum atomic E-state index is 11.3. The van der Waals surface area contributed by atoms with E-state index in [1.807, 2.05) is 0 Å². The highest BCUT2D eigenvalue weighted by Crippen LogP contribution is 2.18. The molecule has 0 aliphatic rings. The summed E-state index contributed by atoms with van der Waals surface area (Å²) in [7, 11) is 0. The standard InChI is InChI=1S/C14H17N3O4/c1-14(2,3)21-13(18)16-15-10-6-8-11-7-4-5-9-12(11)17(19)20/h4-10H,1-3H3,(H,16,18)/b8-6+,15-10-. The van der Waals surface area contributed by atoms with E-state index in [0.29, 0.717) is 5.56 Å². The molecule has 1 amide bonds. The Morgan fingerprint density at radius 2 is 2.05 bits per heavy atom. The van der Waals surface area contributed by atoms with Gasteiger partial charge in [0, 0.05) is 12.3 Å². The van der Waals surface area contributed by atoms with Crippen molar-refractivity contribution in [3.8, 4) is 0 Å². The van der Waals surface area contributed by atoms with Crippen LogP contribution in [0.3, 0.4) is 0 Å². The number of benzene rings is 1. The lowest BCUT2D eigenvalue weighted by atomic mass is 10.2. The number of nitro groups is 1. The average molecular weight is 291 g/mol. The van der Waals surface area contributed by atoms with Gasteiger partial charge in [0.25, 0.3) is 5.69 Å². The minimum Gasteiger partial charge on any atom is -0.443 e. The molecule has 0 aliphatic carbocycles.